The number of benzene rings is 1. The van der Waals surface area contributed by atoms with Gasteiger partial charge in [-0.1, -0.05) is 12.1 Å². The molecular weight excluding hydrogens is 206 g/mol. The van der Waals surface area contributed by atoms with Gasteiger partial charge in [-0.15, -0.1) is 0 Å². The predicted molar refractivity (Wildman–Crippen MR) is 59.6 cm³/mol. The van der Waals surface area contributed by atoms with E-state index in [1.165, 1.54) is 11.0 Å². The fourth-order valence-electron chi connectivity index (χ4n) is 1.46. The van der Waals surface area contributed by atoms with Crippen molar-refractivity contribution in [1.29, 1.82) is 0 Å². The Morgan fingerprint density at radius 1 is 1.31 bits per heavy atom. The highest BCUT2D eigenvalue weighted by Gasteiger charge is 2.02. The van der Waals surface area contributed by atoms with Crippen LogP contribution in [0.5, 0.6) is 5.75 Å². The molecule has 1 aromatic heterocycles. The zero-order valence-electron chi connectivity index (χ0n) is 9.25. The molecule has 0 aliphatic heterocycles. The second-order valence-electron chi connectivity index (χ2n) is 3.51. The van der Waals surface area contributed by atoms with E-state index in [1.807, 2.05) is 24.3 Å². The van der Waals surface area contributed by atoms with Crippen LogP contribution < -0.4 is 10.4 Å². The van der Waals surface area contributed by atoms with Gasteiger partial charge in [-0.05, 0) is 17.7 Å². The molecule has 0 unspecified atom stereocenters. The lowest BCUT2D eigenvalue weighted by Crippen LogP contribution is -2.22. The number of hydrogen-bond donors (Lipinski definition) is 0. The van der Waals surface area contributed by atoms with Crippen LogP contribution in [0.2, 0.25) is 0 Å². The van der Waals surface area contributed by atoms with Gasteiger partial charge in [0.25, 0.3) is 0 Å². The van der Waals surface area contributed by atoms with Gasteiger partial charge in [0.2, 0.25) is 0 Å². The van der Waals surface area contributed by atoms with Gasteiger partial charge in [0.15, 0.2) is 0 Å². The first kappa shape index (κ1) is 10.5. The number of ether oxygens (including phenoxy) is 1. The van der Waals surface area contributed by atoms with Gasteiger partial charge in [0, 0.05) is 7.05 Å². The molecule has 2 aromatic rings. The predicted octanol–water partition coefficient (Wildman–Crippen LogP) is 0.639. The Morgan fingerprint density at radius 2 is 2.00 bits per heavy atom. The standard InChI is InChI=1S/C11H13N3O2/c1-13-11(15)14(8-12-13)7-9-3-5-10(16-2)6-4-9/h3-6,8H,7H2,1-2H3. The largest absolute Gasteiger partial charge is 0.497 e. The number of hydrogen-bond acceptors (Lipinski definition) is 3. The Morgan fingerprint density at radius 3 is 2.50 bits per heavy atom. The zero-order chi connectivity index (χ0) is 11.5. The number of methoxy groups -OCH3 is 1. The summed E-state index contributed by atoms with van der Waals surface area (Å²) in [5, 5.41) is 3.89. The number of rotatable bonds is 3. The molecule has 0 spiro atoms. The Bertz CT molecular complexity index is 525. The SMILES string of the molecule is COc1ccc(Cn2cnn(C)c2=O)cc1. The molecule has 0 fully saturated rings. The third-order valence-corrected chi connectivity index (χ3v) is 2.40. The van der Waals surface area contributed by atoms with Crippen LogP contribution in [0.25, 0.3) is 0 Å². The van der Waals surface area contributed by atoms with E-state index in [0.29, 0.717) is 6.54 Å². The van der Waals surface area contributed by atoms with Crippen molar-refractivity contribution >= 4 is 0 Å². The zero-order valence-corrected chi connectivity index (χ0v) is 9.25. The van der Waals surface area contributed by atoms with E-state index >= 15 is 0 Å². The van der Waals surface area contributed by atoms with Crippen molar-refractivity contribution in [2.75, 3.05) is 7.11 Å². The van der Waals surface area contributed by atoms with Gasteiger partial charge in [0.05, 0.1) is 13.7 Å². The molecule has 5 heteroatoms. The molecule has 16 heavy (non-hydrogen) atoms. The van der Waals surface area contributed by atoms with Crippen molar-refractivity contribution in [2.24, 2.45) is 7.05 Å². The number of aromatic nitrogens is 3. The summed E-state index contributed by atoms with van der Waals surface area (Å²) in [6, 6.07) is 7.60. The van der Waals surface area contributed by atoms with Crippen molar-refractivity contribution in [3.8, 4) is 5.75 Å². The maximum atomic E-state index is 11.5. The highest BCUT2D eigenvalue weighted by molar-refractivity contribution is 5.27. The fraction of sp³-hybridized carbons (Fsp3) is 0.273. The second kappa shape index (κ2) is 4.22. The minimum absolute atomic E-state index is 0.115. The molecule has 0 saturated carbocycles. The monoisotopic (exact) mass is 219 g/mol. The summed E-state index contributed by atoms with van der Waals surface area (Å²) in [5.74, 6) is 0.808. The molecule has 1 aromatic carbocycles. The van der Waals surface area contributed by atoms with Gasteiger partial charge >= 0.3 is 5.69 Å². The lowest BCUT2D eigenvalue weighted by molar-refractivity contribution is 0.414. The van der Waals surface area contributed by atoms with E-state index in [2.05, 4.69) is 5.10 Å². The lowest BCUT2D eigenvalue weighted by atomic mass is 10.2. The minimum atomic E-state index is -0.115. The normalized spacial score (nSPS) is 10.4. The summed E-state index contributed by atoms with van der Waals surface area (Å²) in [7, 11) is 3.26. The average Bonchev–Trinajstić information content (AvgIpc) is 2.62. The lowest BCUT2D eigenvalue weighted by Gasteiger charge is -2.03. The number of aryl methyl sites for hydroxylation is 1. The molecule has 0 atom stereocenters. The van der Waals surface area contributed by atoms with Gasteiger partial charge in [-0.2, -0.15) is 5.10 Å². The molecule has 0 saturated heterocycles. The van der Waals surface area contributed by atoms with Gasteiger partial charge in [-0.3, -0.25) is 4.57 Å². The second-order valence-corrected chi connectivity index (χ2v) is 3.51. The summed E-state index contributed by atoms with van der Waals surface area (Å²) >= 11 is 0. The Balaban J connectivity index is 2.21. The third kappa shape index (κ3) is 1.98. The quantitative estimate of drug-likeness (QED) is 0.761. The fourth-order valence-corrected chi connectivity index (χ4v) is 1.46. The summed E-state index contributed by atoms with van der Waals surface area (Å²) < 4.78 is 7.93. The minimum Gasteiger partial charge on any atom is -0.497 e. The highest BCUT2D eigenvalue weighted by atomic mass is 16.5. The third-order valence-electron chi connectivity index (χ3n) is 2.40. The highest BCUT2D eigenvalue weighted by Crippen LogP contribution is 2.11. The van der Waals surface area contributed by atoms with Crippen LogP contribution in [0.15, 0.2) is 35.4 Å². The van der Waals surface area contributed by atoms with Crippen LogP contribution in [0.4, 0.5) is 0 Å². The van der Waals surface area contributed by atoms with Crippen LogP contribution in [0.3, 0.4) is 0 Å². The molecule has 0 amide bonds. The topological polar surface area (TPSA) is 49.0 Å². The summed E-state index contributed by atoms with van der Waals surface area (Å²) in [5.41, 5.74) is 0.923. The molecule has 0 bridgehead atoms. The van der Waals surface area contributed by atoms with Crippen LogP contribution in [-0.2, 0) is 13.6 Å². The van der Waals surface area contributed by atoms with Crippen LogP contribution in [0, 0.1) is 0 Å². The molecule has 84 valence electrons. The van der Waals surface area contributed by atoms with E-state index in [1.54, 1.807) is 18.7 Å². The van der Waals surface area contributed by atoms with E-state index in [-0.39, 0.29) is 5.69 Å². The maximum Gasteiger partial charge on any atom is 0.345 e. The molecular formula is C11H13N3O2. The molecule has 0 radical (unpaired) electrons. The summed E-state index contributed by atoms with van der Waals surface area (Å²) in [6.07, 6.45) is 1.53. The Kier molecular flexibility index (Phi) is 2.76. The van der Waals surface area contributed by atoms with Gasteiger partial charge < -0.3 is 4.74 Å². The first-order chi connectivity index (χ1) is 7.70. The first-order valence-electron chi connectivity index (χ1n) is 4.92. The van der Waals surface area contributed by atoms with E-state index in [9.17, 15) is 4.79 Å². The van der Waals surface area contributed by atoms with E-state index in [0.717, 1.165) is 11.3 Å². The van der Waals surface area contributed by atoms with Gasteiger partial charge in [0.1, 0.15) is 12.1 Å². The van der Waals surface area contributed by atoms with E-state index in [4.69, 9.17) is 4.74 Å². The molecule has 2 rings (SSSR count). The van der Waals surface area contributed by atoms with Crippen LogP contribution >= 0.6 is 0 Å². The van der Waals surface area contributed by atoms with Crippen LogP contribution in [-0.4, -0.2) is 21.5 Å². The van der Waals surface area contributed by atoms with Crippen LogP contribution in [0.1, 0.15) is 5.56 Å². The van der Waals surface area contributed by atoms with Crippen molar-refractivity contribution in [2.45, 2.75) is 6.54 Å². The van der Waals surface area contributed by atoms with Crippen molar-refractivity contribution < 1.29 is 4.74 Å². The Hall–Kier alpha value is -2.04. The van der Waals surface area contributed by atoms with Crippen molar-refractivity contribution in [3.05, 3.63) is 46.6 Å². The Labute approximate surface area is 92.9 Å². The van der Waals surface area contributed by atoms with Gasteiger partial charge in [-0.25, -0.2) is 9.48 Å². The smallest absolute Gasteiger partial charge is 0.345 e. The molecule has 0 aliphatic carbocycles. The average molecular weight is 219 g/mol. The maximum absolute atomic E-state index is 11.5. The molecule has 1 heterocycles. The molecule has 0 aliphatic rings. The van der Waals surface area contributed by atoms with Crippen molar-refractivity contribution in [1.82, 2.24) is 14.3 Å². The van der Waals surface area contributed by atoms with E-state index < -0.39 is 0 Å². The molecule has 0 N–H and O–H groups in total. The van der Waals surface area contributed by atoms with Crippen molar-refractivity contribution in [3.63, 3.8) is 0 Å². The molecule has 5 nitrogen and oxygen atoms in total. The summed E-state index contributed by atoms with van der Waals surface area (Å²) in [4.78, 5) is 11.5. The summed E-state index contributed by atoms with van der Waals surface area (Å²) in [6.45, 7) is 0.524. The number of nitrogens with zero attached hydrogens (tertiary/aromatic N) is 3. The first-order valence-corrected chi connectivity index (χ1v) is 4.92.